The van der Waals surface area contributed by atoms with Crippen molar-refractivity contribution in [1.29, 1.82) is 0 Å². The lowest BCUT2D eigenvalue weighted by Crippen LogP contribution is -2.33. The summed E-state index contributed by atoms with van der Waals surface area (Å²) in [6.45, 7) is 4.10. The number of hydrogen-bond donors (Lipinski definition) is 2. The molecule has 0 spiro atoms. The Hall–Kier alpha value is -2.33. The second-order valence-electron chi connectivity index (χ2n) is 6.12. The summed E-state index contributed by atoms with van der Waals surface area (Å²) in [6.07, 6.45) is -0.0427. The molecule has 0 radical (unpaired) electrons. The molecule has 4 heteroatoms. The number of benzene rings is 2. The number of rotatable bonds is 7. The van der Waals surface area contributed by atoms with Gasteiger partial charge in [0.25, 0.3) is 0 Å². The molecule has 2 N–H and O–H groups in total. The average molecular weight is 327 g/mol. The predicted molar refractivity (Wildman–Crippen MR) is 95.0 cm³/mol. The smallest absolute Gasteiger partial charge is 0.223 e. The van der Waals surface area contributed by atoms with Crippen molar-refractivity contribution in [1.82, 2.24) is 5.32 Å². The molecule has 2 atom stereocenters. The van der Waals surface area contributed by atoms with E-state index in [0.717, 1.165) is 22.4 Å². The summed E-state index contributed by atoms with van der Waals surface area (Å²) in [6, 6.07) is 15.4. The molecule has 24 heavy (non-hydrogen) atoms. The number of aliphatic hydroxyl groups is 1. The second kappa shape index (κ2) is 8.50. The third kappa shape index (κ3) is 5.10. The topological polar surface area (TPSA) is 58.6 Å². The summed E-state index contributed by atoms with van der Waals surface area (Å²) < 4.78 is 5.13. The first-order valence-corrected chi connectivity index (χ1v) is 8.15. The highest BCUT2D eigenvalue weighted by atomic mass is 16.5. The van der Waals surface area contributed by atoms with Gasteiger partial charge in [-0.1, -0.05) is 48.9 Å². The summed E-state index contributed by atoms with van der Waals surface area (Å²) in [5.74, 6) is 0.581. The Morgan fingerprint density at radius 2 is 1.75 bits per heavy atom. The Kier molecular flexibility index (Phi) is 6.38. The lowest BCUT2D eigenvalue weighted by atomic mass is 10.00. The Balaban J connectivity index is 1.83. The molecule has 0 saturated carbocycles. The van der Waals surface area contributed by atoms with Crippen LogP contribution >= 0.6 is 0 Å². The molecule has 2 aromatic rings. The van der Waals surface area contributed by atoms with Crippen molar-refractivity contribution in [2.45, 2.75) is 26.4 Å². The lowest BCUT2D eigenvalue weighted by Gasteiger charge is -2.16. The van der Waals surface area contributed by atoms with Crippen LogP contribution in [0.5, 0.6) is 5.75 Å². The average Bonchev–Trinajstić information content (AvgIpc) is 2.60. The lowest BCUT2D eigenvalue weighted by molar-refractivity contribution is -0.124. The summed E-state index contributed by atoms with van der Waals surface area (Å²) >= 11 is 0. The molecule has 0 heterocycles. The number of amides is 1. The van der Waals surface area contributed by atoms with E-state index in [1.54, 1.807) is 7.11 Å². The predicted octanol–water partition coefficient (Wildman–Crippen LogP) is 3.03. The van der Waals surface area contributed by atoms with Crippen molar-refractivity contribution in [3.63, 3.8) is 0 Å². The fourth-order valence-electron chi connectivity index (χ4n) is 2.49. The van der Waals surface area contributed by atoms with E-state index in [1.807, 2.05) is 62.4 Å². The molecule has 0 aliphatic rings. The zero-order valence-electron chi connectivity index (χ0n) is 14.5. The quantitative estimate of drug-likeness (QED) is 0.822. The molecular formula is C20H25NO3. The van der Waals surface area contributed by atoms with E-state index in [2.05, 4.69) is 5.32 Å². The standard InChI is InChI=1S/C20H25NO3/c1-14-4-8-17(9-5-14)19(22)13-21-20(23)15(2)12-16-6-10-18(24-3)11-7-16/h4-11,15,19,22H,12-13H2,1-3H3,(H,21,23). The van der Waals surface area contributed by atoms with E-state index in [4.69, 9.17) is 4.74 Å². The van der Waals surface area contributed by atoms with E-state index < -0.39 is 6.10 Å². The SMILES string of the molecule is COc1ccc(CC(C)C(=O)NCC(O)c2ccc(C)cc2)cc1. The minimum absolute atomic E-state index is 0.0584. The first kappa shape index (κ1) is 18.0. The van der Waals surface area contributed by atoms with E-state index in [9.17, 15) is 9.90 Å². The third-order valence-corrected chi connectivity index (χ3v) is 4.08. The van der Waals surface area contributed by atoms with Crippen LogP contribution < -0.4 is 10.1 Å². The number of nitrogens with one attached hydrogen (secondary N) is 1. The van der Waals surface area contributed by atoms with Gasteiger partial charge in [0.1, 0.15) is 5.75 Å². The summed E-state index contributed by atoms with van der Waals surface area (Å²) in [7, 11) is 1.63. The fourth-order valence-corrected chi connectivity index (χ4v) is 2.49. The van der Waals surface area contributed by atoms with Crippen molar-refractivity contribution < 1.29 is 14.6 Å². The maximum atomic E-state index is 12.2. The molecule has 128 valence electrons. The number of carbonyl (C=O) groups excluding carboxylic acids is 1. The zero-order chi connectivity index (χ0) is 17.5. The van der Waals surface area contributed by atoms with Crippen molar-refractivity contribution in [2.24, 2.45) is 5.92 Å². The minimum Gasteiger partial charge on any atom is -0.497 e. The minimum atomic E-state index is -0.692. The molecule has 0 bridgehead atoms. The monoisotopic (exact) mass is 327 g/mol. The van der Waals surface area contributed by atoms with Gasteiger partial charge in [0.15, 0.2) is 0 Å². The van der Waals surface area contributed by atoms with E-state index in [-0.39, 0.29) is 18.4 Å². The molecule has 0 saturated heterocycles. The van der Waals surface area contributed by atoms with Gasteiger partial charge in [0, 0.05) is 12.5 Å². The van der Waals surface area contributed by atoms with Crippen LogP contribution in [0.3, 0.4) is 0 Å². The van der Waals surface area contributed by atoms with Crippen LogP contribution in [-0.2, 0) is 11.2 Å². The van der Waals surface area contributed by atoms with Crippen molar-refractivity contribution in [3.8, 4) is 5.75 Å². The van der Waals surface area contributed by atoms with Crippen molar-refractivity contribution >= 4 is 5.91 Å². The van der Waals surface area contributed by atoms with Crippen LogP contribution in [0, 0.1) is 12.8 Å². The summed E-state index contributed by atoms with van der Waals surface area (Å²) in [5, 5.41) is 13.0. The summed E-state index contributed by atoms with van der Waals surface area (Å²) in [4.78, 5) is 12.2. The van der Waals surface area contributed by atoms with Gasteiger partial charge in [-0.25, -0.2) is 0 Å². The van der Waals surface area contributed by atoms with Gasteiger partial charge in [0.05, 0.1) is 13.2 Å². The number of aliphatic hydroxyl groups excluding tert-OH is 1. The van der Waals surface area contributed by atoms with E-state index in [1.165, 1.54) is 0 Å². The zero-order valence-corrected chi connectivity index (χ0v) is 14.5. The van der Waals surface area contributed by atoms with E-state index in [0.29, 0.717) is 6.42 Å². The maximum absolute atomic E-state index is 12.2. The number of carbonyl (C=O) groups is 1. The molecule has 0 aliphatic carbocycles. The molecule has 0 aliphatic heterocycles. The van der Waals surface area contributed by atoms with Crippen LogP contribution in [-0.4, -0.2) is 24.7 Å². The normalized spacial score (nSPS) is 13.2. The Morgan fingerprint density at radius 1 is 1.12 bits per heavy atom. The molecular weight excluding hydrogens is 302 g/mol. The second-order valence-corrected chi connectivity index (χ2v) is 6.12. The molecule has 0 aromatic heterocycles. The van der Waals surface area contributed by atoms with Gasteiger partial charge in [0.2, 0.25) is 5.91 Å². The van der Waals surface area contributed by atoms with Crippen LogP contribution in [0.2, 0.25) is 0 Å². The molecule has 0 fully saturated rings. The molecule has 2 rings (SSSR count). The highest BCUT2D eigenvalue weighted by Gasteiger charge is 2.15. The van der Waals surface area contributed by atoms with Gasteiger partial charge in [-0.15, -0.1) is 0 Å². The molecule has 2 unspecified atom stereocenters. The van der Waals surface area contributed by atoms with Gasteiger partial charge >= 0.3 is 0 Å². The largest absolute Gasteiger partial charge is 0.497 e. The van der Waals surface area contributed by atoms with E-state index >= 15 is 0 Å². The van der Waals surface area contributed by atoms with Gasteiger partial charge < -0.3 is 15.2 Å². The van der Waals surface area contributed by atoms with Gasteiger partial charge in [-0.05, 0) is 36.6 Å². The van der Waals surface area contributed by atoms with Crippen molar-refractivity contribution in [3.05, 3.63) is 65.2 Å². The van der Waals surface area contributed by atoms with Crippen LogP contribution in [0.1, 0.15) is 29.7 Å². The first-order valence-electron chi connectivity index (χ1n) is 8.15. The highest BCUT2D eigenvalue weighted by Crippen LogP contribution is 2.16. The number of hydrogen-bond acceptors (Lipinski definition) is 3. The highest BCUT2D eigenvalue weighted by molar-refractivity contribution is 5.78. The van der Waals surface area contributed by atoms with Crippen molar-refractivity contribution in [2.75, 3.05) is 13.7 Å². The van der Waals surface area contributed by atoms with Crippen LogP contribution in [0.25, 0.3) is 0 Å². The van der Waals surface area contributed by atoms with Gasteiger partial charge in [-0.2, -0.15) is 0 Å². The third-order valence-electron chi connectivity index (χ3n) is 4.08. The van der Waals surface area contributed by atoms with Crippen LogP contribution in [0.4, 0.5) is 0 Å². The molecule has 1 amide bonds. The Bertz CT molecular complexity index is 650. The number of aryl methyl sites for hydroxylation is 1. The maximum Gasteiger partial charge on any atom is 0.223 e. The molecule has 4 nitrogen and oxygen atoms in total. The Labute approximate surface area is 143 Å². The van der Waals surface area contributed by atoms with Gasteiger partial charge in [-0.3, -0.25) is 4.79 Å². The Morgan fingerprint density at radius 3 is 2.33 bits per heavy atom. The molecule has 2 aromatic carbocycles. The summed E-state index contributed by atoms with van der Waals surface area (Å²) in [5.41, 5.74) is 3.03. The first-order chi connectivity index (χ1) is 11.5. The number of methoxy groups -OCH3 is 1. The number of ether oxygens (including phenoxy) is 1. The van der Waals surface area contributed by atoms with Crippen LogP contribution in [0.15, 0.2) is 48.5 Å². The fraction of sp³-hybridized carbons (Fsp3) is 0.350.